The summed E-state index contributed by atoms with van der Waals surface area (Å²) in [5, 5.41) is 14.0. The topological polar surface area (TPSA) is 111 Å². The van der Waals surface area contributed by atoms with Gasteiger partial charge in [-0.15, -0.1) is 0 Å². The van der Waals surface area contributed by atoms with E-state index in [2.05, 4.69) is 20.0 Å². The molecule has 6 rings (SSSR count). The van der Waals surface area contributed by atoms with Crippen LogP contribution < -0.4 is 9.64 Å². The summed E-state index contributed by atoms with van der Waals surface area (Å²) in [7, 11) is 1.55. The standard InChI is InChI=1S/C31H27Cl2F3N4O5/c1-43-8-9-44-25-12-24(29(41)42)38-23-3-2-18(11-19(23)25)40-6-4-30(5-7-40)13-17(14-30)10-20-27(39-45-28(20)31(34,35)36)26-21(32)15-37-16-22(26)33/h2-3,10-12,15-16H,4-9,13-14H2,1H3,(H,41,42). The molecule has 1 aliphatic heterocycles. The molecule has 236 valence electrons. The van der Waals surface area contributed by atoms with E-state index in [9.17, 15) is 23.1 Å². The third-order valence-electron chi connectivity index (χ3n) is 8.34. The number of ether oxygens (including phenoxy) is 2. The Bertz CT molecular complexity index is 1770. The molecule has 1 saturated heterocycles. The summed E-state index contributed by atoms with van der Waals surface area (Å²) in [4.78, 5) is 22.0. The van der Waals surface area contributed by atoms with Crippen LogP contribution in [0, 0.1) is 5.41 Å². The number of aromatic carboxylic acids is 1. The summed E-state index contributed by atoms with van der Waals surface area (Å²) in [6.07, 6.45) is 2.34. The Morgan fingerprint density at radius 2 is 1.84 bits per heavy atom. The number of allylic oxidation sites excluding steroid dienone is 1. The highest BCUT2D eigenvalue weighted by atomic mass is 35.5. The molecule has 0 atom stereocenters. The van der Waals surface area contributed by atoms with Crippen molar-refractivity contribution < 1.29 is 37.1 Å². The minimum atomic E-state index is -4.75. The highest BCUT2D eigenvalue weighted by Gasteiger charge is 2.45. The maximum absolute atomic E-state index is 13.9. The molecule has 3 aromatic heterocycles. The zero-order valence-electron chi connectivity index (χ0n) is 24.0. The minimum absolute atomic E-state index is 0.0206. The second-order valence-corrected chi connectivity index (χ2v) is 12.1. The fraction of sp³-hybridized carbons (Fsp3) is 0.355. The third-order valence-corrected chi connectivity index (χ3v) is 8.91. The molecule has 2 aliphatic rings. The Balaban J connectivity index is 1.20. The second-order valence-electron chi connectivity index (χ2n) is 11.2. The number of hydrogen-bond donors (Lipinski definition) is 1. The molecule has 4 aromatic rings. The van der Waals surface area contributed by atoms with Gasteiger partial charge in [-0.3, -0.25) is 4.98 Å². The number of aromatic nitrogens is 3. The average molecular weight is 663 g/mol. The first-order chi connectivity index (χ1) is 21.5. The molecule has 0 bridgehead atoms. The van der Waals surface area contributed by atoms with E-state index in [1.807, 2.05) is 12.1 Å². The number of carboxylic acids is 1. The number of carbonyl (C=O) groups is 1. The van der Waals surface area contributed by atoms with Gasteiger partial charge in [-0.1, -0.05) is 33.9 Å². The number of rotatable bonds is 8. The average Bonchev–Trinajstić information content (AvgIpc) is 3.40. The number of benzene rings is 1. The van der Waals surface area contributed by atoms with Crippen molar-refractivity contribution >= 4 is 51.8 Å². The lowest BCUT2D eigenvalue weighted by atomic mass is 9.60. The summed E-state index contributed by atoms with van der Waals surface area (Å²) in [5.74, 6) is -1.93. The van der Waals surface area contributed by atoms with Gasteiger partial charge in [0.2, 0.25) is 5.76 Å². The lowest BCUT2D eigenvalue weighted by Crippen LogP contribution is -2.44. The van der Waals surface area contributed by atoms with E-state index in [0.717, 1.165) is 37.2 Å². The number of alkyl halides is 3. The molecule has 1 aliphatic carbocycles. The summed E-state index contributed by atoms with van der Waals surface area (Å²) in [6, 6.07) is 7.05. The van der Waals surface area contributed by atoms with Crippen molar-refractivity contribution in [2.75, 3.05) is 38.3 Å². The summed E-state index contributed by atoms with van der Waals surface area (Å²) in [6.45, 7) is 2.09. The molecule has 14 heteroatoms. The summed E-state index contributed by atoms with van der Waals surface area (Å²) >= 11 is 12.5. The number of piperidine rings is 1. The lowest BCUT2D eigenvalue weighted by Gasteiger charge is -2.50. The van der Waals surface area contributed by atoms with Crippen molar-refractivity contribution in [2.24, 2.45) is 5.41 Å². The maximum atomic E-state index is 13.9. The summed E-state index contributed by atoms with van der Waals surface area (Å²) < 4.78 is 57.3. The number of nitrogens with zero attached hydrogens (tertiary/aromatic N) is 4. The van der Waals surface area contributed by atoms with Crippen molar-refractivity contribution in [1.82, 2.24) is 15.1 Å². The van der Waals surface area contributed by atoms with Crippen LogP contribution in [-0.2, 0) is 10.9 Å². The Morgan fingerprint density at radius 1 is 1.13 bits per heavy atom. The van der Waals surface area contributed by atoms with Gasteiger partial charge in [-0.25, -0.2) is 9.78 Å². The van der Waals surface area contributed by atoms with Crippen molar-refractivity contribution in [3.05, 3.63) is 69.3 Å². The Morgan fingerprint density at radius 3 is 2.49 bits per heavy atom. The van der Waals surface area contributed by atoms with Crippen LogP contribution in [0.2, 0.25) is 10.0 Å². The van der Waals surface area contributed by atoms with Crippen LogP contribution >= 0.6 is 23.2 Å². The normalized spacial score (nSPS) is 16.2. The molecule has 2 fully saturated rings. The van der Waals surface area contributed by atoms with Gasteiger partial charge in [-0.05, 0) is 55.4 Å². The quantitative estimate of drug-likeness (QED) is 0.189. The molecule has 9 nitrogen and oxygen atoms in total. The number of halogens is 5. The van der Waals surface area contributed by atoms with E-state index in [4.69, 9.17) is 37.2 Å². The van der Waals surface area contributed by atoms with Crippen LogP contribution in [-0.4, -0.2) is 59.6 Å². The molecular formula is C31H27Cl2F3N4O5. The highest BCUT2D eigenvalue weighted by Crippen LogP contribution is 2.54. The number of carboxylic acid groups (broad SMARTS) is 1. The van der Waals surface area contributed by atoms with E-state index in [0.29, 0.717) is 36.1 Å². The van der Waals surface area contributed by atoms with Gasteiger partial charge < -0.3 is 24.0 Å². The monoisotopic (exact) mass is 662 g/mol. The molecule has 4 heterocycles. The predicted octanol–water partition coefficient (Wildman–Crippen LogP) is 7.80. The van der Waals surface area contributed by atoms with E-state index < -0.39 is 17.9 Å². The third kappa shape index (κ3) is 6.18. The smallest absolute Gasteiger partial charge is 0.453 e. The molecule has 1 spiro atoms. The van der Waals surface area contributed by atoms with Gasteiger partial charge in [0.1, 0.15) is 18.1 Å². The van der Waals surface area contributed by atoms with E-state index in [1.54, 1.807) is 13.2 Å². The first-order valence-corrected chi connectivity index (χ1v) is 14.8. The summed E-state index contributed by atoms with van der Waals surface area (Å²) in [5.41, 5.74) is 2.06. The zero-order chi connectivity index (χ0) is 31.9. The Labute approximate surface area is 265 Å². The fourth-order valence-electron chi connectivity index (χ4n) is 6.11. The molecular weight excluding hydrogens is 636 g/mol. The molecule has 0 unspecified atom stereocenters. The van der Waals surface area contributed by atoms with E-state index in [-0.39, 0.29) is 44.6 Å². The highest BCUT2D eigenvalue weighted by molar-refractivity contribution is 6.39. The first-order valence-electron chi connectivity index (χ1n) is 14.1. The van der Waals surface area contributed by atoms with Crippen LogP contribution in [0.4, 0.5) is 18.9 Å². The van der Waals surface area contributed by atoms with Crippen molar-refractivity contribution in [3.8, 4) is 17.0 Å². The van der Waals surface area contributed by atoms with Crippen molar-refractivity contribution in [3.63, 3.8) is 0 Å². The van der Waals surface area contributed by atoms with Gasteiger partial charge in [0, 0.05) is 55.3 Å². The van der Waals surface area contributed by atoms with E-state index in [1.165, 1.54) is 24.5 Å². The Hall–Kier alpha value is -3.87. The number of pyridine rings is 2. The van der Waals surface area contributed by atoms with Gasteiger partial charge >= 0.3 is 12.1 Å². The minimum Gasteiger partial charge on any atom is -0.490 e. The lowest BCUT2D eigenvalue weighted by molar-refractivity contribution is -0.155. The number of methoxy groups -OCH3 is 1. The van der Waals surface area contributed by atoms with Crippen LogP contribution in [0.25, 0.3) is 28.2 Å². The fourth-order valence-corrected chi connectivity index (χ4v) is 6.65. The molecule has 1 saturated carbocycles. The number of hydrogen-bond acceptors (Lipinski definition) is 8. The molecule has 1 N–H and O–H groups in total. The van der Waals surface area contributed by atoms with Gasteiger partial charge in [0.25, 0.3) is 0 Å². The number of fused-ring (bicyclic) bond motifs is 1. The van der Waals surface area contributed by atoms with Gasteiger partial charge in [0.15, 0.2) is 5.69 Å². The SMILES string of the molecule is COCCOc1cc(C(=O)O)nc2ccc(N3CCC4(CC3)CC(=Cc3c(-c5c(Cl)cncc5Cl)noc3C(F)(F)F)C4)cc12. The van der Waals surface area contributed by atoms with Crippen LogP contribution in [0.15, 0.2) is 46.8 Å². The van der Waals surface area contributed by atoms with Crippen molar-refractivity contribution in [1.29, 1.82) is 0 Å². The van der Waals surface area contributed by atoms with Gasteiger partial charge in [-0.2, -0.15) is 13.2 Å². The molecule has 0 radical (unpaired) electrons. The maximum Gasteiger partial charge on any atom is 0.453 e. The van der Waals surface area contributed by atoms with Crippen LogP contribution in [0.1, 0.15) is 47.5 Å². The van der Waals surface area contributed by atoms with Gasteiger partial charge in [0.05, 0.1) is 27.7 Å². The second kappa shape index (κ2) is 12.1. The first kappa shape index (κ1) is 31.1. The largest absolute Gasteiger partial charge is 0.490 e. The van der Waals surface area contributed by atoms with E-state index >= 15 is 0 Å². The zero-order valence-corrected chi connectivity index (χ0v) is 25.5. The molecule has 45 heavy (non-hydrogen) atoms. The van der Waals surface area contributed by atoms with Crippen molar-refractivity contribution in [2.45, 2.75) is 31.9 Å². The molecule has 0 amide bonds. The van der Waals surface area contributed by atoms with Crippen LogP contribution in [0.5, 0.6) is 5.75 Å². The Kier molecular flexibility index (Phi) is 8.40. The van der Waals surface area contributed by atoms with Crippen LogP contribution in [0.3, 0.4) is 0 Å². The number of anilines is 1. The predicted molar refractivity (Wildman–Crippen MR) is 162 cm³/mol. The molecule has 1 aromatic carbocycles.